The van der Waals surface area contributed by atoms with Crippen LogP contribution in [0.5, 0.6) is 0 Å². The number of aliphatic carboxylic acids is 1. The van der Waals surface area contributed by atoms with Crippen molar-refractivity contribution in [1.29, 1.82) is 0 Å². The van der Waals surface area contributed by atoms with Gasteiger partial charge < -0.3 is 10.8 Å². The largest absolute Gasteiger partial charge is 0.481 e. The summed E-state index contributed by atoms with van der Waals surface area (Å²) in [6.07, 6.45) is 0. The molecule has 3 N–H and O–H groups in total. The van der Waals surface area contributed by atoms with Crippen LogP contribution in [0.4, 0.5) is 0 Å². The van der Waals surface area contributed by atoms with Crippen LogP contribution in [0.25, 0.3) is 0 Å². The van der Waals surface area contributed by atoms with Crippen molar-refractivity contribution in [2.24, 2.45) is 5.73 Å². The molecule has 0 aliphatic heterocycles. The minimum Gasteiger partial charge on any atom is -0.481 e. The van der Waals surface area contributed by atoms with Crippen molar-refractivity contribution in [2.45, 2.75) is 25.8 Å². The third kappa shape index (κ3) is 1.87. The molecule has 0 bridgehead atoms. The van der Waals surface area contributed by atoms with E-state index in [-0.39, 0.29) is 12.6 Å². The Morgan fingerprint density at radius 2 is 2.29 bits per heavy atom. The zero-order chi connectivity index (χ0) is 10.7. The van der Waals surface area contributed by atoms with E-state index in [4.69, 9.17) is 10.8 Å². The van der Waals surface area contributed by atoms with Crippen molar-refractivity contribution in [3.63, 3.8) is 0 Å². The zero-order valence-corrected chi connectivity index (χ0v) is 8.08. The van der Waals surface area contributed by atoms with Gasteiger partial charge in [-0.15, -0.1) is 5.10 Å². The molecule has 7 nitrogen and oxygen atoms in total. The Kier molecular flexibility index (Phi) is 3.13. The molecule has 7 heteroatoms. The Labute approximate surface area is 80.9 Å². The Morgan fingerprint density at radius 1 is 1.64 bits per heavy atom. The minimum atomic E-state index is -1.01. The number of carbonyl (C=O) groups is 1. The average molecular weight is 199 g/mol. The molecular weight excluding hydrogens is 186 g/mol. The molecule has 1 heterocycles. The molecule has 14 heavy (non-hydrogen) atoms. The van der Waals surface area contributed by atoms with Gasteiger partial charge in [-0.05, 0) is 24.3 Å². The van der Waals surface area contributed by atoms with E-state index in [0.29, 0.717) is 5.82 Å². The minimum absolute atomic E-state index is 0.0115. The van der Waals surface area contributed by atoms with Crippen molar-refractivity contribution in [1.82, 2.24) is 20.2 Å². The van der Waals surface area contributed by atoms with E-state index < -0.39 is 11.9 Å². The smallest absolute Gasteiger partial charge is 0.315 e. The summed E-state index contributed by atoms with van der Waals surface area (Å²) in [6, 6.07) is 0.0217. The standard InChI is InChI=1S/C7H13N5O2/c1-4(2)12-6(9-10-11-12)5(3-8)7(13)14/h4-5H,3,8H2,1-2H3,(H,13,14). The number of nitrogens with two attached hydrogens (primary N) is 1. The third-order valence-electron chi connectivity index (χ3n) is 1.85. The van der Waals surface area contributed by atoms with E-state index in [1.807, 2.05) is 13.8 Å². The molecule has 78 valence electrons. The van der Waals surface area contributed by atoms with E-state index in [9.17, 15) is 4.79 Å². The summed E-state index contributed by atoms with van der Waals surface area (Å²) >= 11 is 0. The molecule has 1 aromatic rings. The maximum absolute atomic E-state index is 10.8. The summed E-state index contributed by atoms with van der Waals surface area (Å²) in [6.45, 7) is 3.73. The Hall–Kier alpha value is -1.50. The summed E-state index contributed by atoms with van der Waals surface area (Å²) in [5.41, 5.74) is 5.34. The van der Waals surface area contributed by atoms with E-state index in [1.165, 1.54) is 4.68 Å². The number of rotatable bonds is 4. The van der Waals surface area contributed by atoms with Gasteiger partial charge in [0.15, 0.2) is 5.82 Å². The number of carboxylic acids is 1. The van der Waals surface area contributed by atoms with Gasteiger partial charge in [0.1, 0.15) is 5.92 Å². The van der Waals surface area contributed by atoms with Gasteiger partial charge in [0.05, 0.1) is 6.04 Å². The fourth-order valence-corrected chi connectivity index (χ4v) is 1.11. The molecule has 1 atom stereocenters. The Bertz CT molecular complexity index is 322. The van der Waals surface area contributed by atoms with Crippen molar-refractivity contribution >= 4 is 5.97 Å². The quantitative estimate of drug-likeness (QED) is 0.669. The number of hydrogen-bond donors (Lipinski definition) is 2. The van der Waals surface area contributed by atoms with Crippen LogP contribution in [0.2, 0.25) is 0 Å². The number of carboxylic acid groups (broad SMARTS) is 1. The molecule has 0 radical (unpaired) electrons. The van der Waals surface area contributed by atoms with Gasteiger partial charge in [0.2, 0.25) is 0 Å². The SMILES string of the molecule is CC(C)n1nnnc1C(CN)C(=O)O. The lowest BCUT2D eigenvalue weighted by Gasteiger charge is -2.11. The lowest BCUT2D eigenvalue weighted by Crippen LogP contribution is -2.25. The van der Waals surface area contributed by atoms with Crippen LogP contribution in [0.3, 0.4) is 0 Å². The highest BCUT2D eigenvalue weighted by atomic mass is 16.4. The predicted molar refractivity (Wildman–Crippen MR) is 47.6 cm³/mol. The Balaban J connectivity index is 3.03. The normalized spacial score (nSPS) is 13.1. The van der Waals surface area contributed by atoms with Gasteiger partial charge in [-0.1, -0.05) is 0 Å². The second-order valence-electron chi connectivity index (χ2n) is 3.20. The van der Waals surface area contributed by atoms with Crippen molar-refractivity contribution < 1.29 is 9.90 Å². The van der Waals surface area contributed by atoms with Crippen LogP contribution < -0.4 is 5.73 Å². The van der Waals surface area contributed by atoms with Crippen LogP contribution in [0, 0.1) is 0 Å². The monoisotopic (exact) mass is 199 g/mol. The highest BCUT2D eigenvalue weighted by Gasteiger charge is 2.25. The molecule has 1 rings (SSSR count). The van der Waals surface area contributed by atoms with E-state index in [0.717, 1.165) is 0 Å². The summed E-state index contributed by atoms with van der Waals surface area (Å²) in [7, 11) is 0. The first kappa shape index (κ1) is 10.6. The van der Waals surface area contributed by atoms with Gasteiger partial charge in [-0.3, -0.25) is 4.79 Å². The molecule has 0 aromatic carbocycles. The topological polar surface area (TPSA) is 107 Å². The first-order valence-electron chi connectivity index (χ1n) is 4.28. The van der Waals surface area contributed by atoms with Gasteiger partial charge in [0, 0.05) is 6.54 Å². The third-order valence-corrected chi connectivity index (χ3v) is 1.85. The fourth-order valence-electron chi connectivity index (χ4n) is 1.11. The molecule has 0 spiro atoms. The van der Waals surface area contributed by atoms with Gasteiger partial charge in [-0.2, -0.15) is 0 Å². The van der Waals surface area contributed by atoms with Crippen molar-refractivity contribution in [3.8, 4) is 0 Å². The first-order chi connectivity index (χ1) is 6.57. The second kappa shape index (κ2) is 4.14. The lowest BCUT2D eigenvalue weighted by atomic mass is 10.1. The maximum Gasteiger partial charge on any atom is 0.315 e. The van der Waals surface area contributed by atoms with Gasteiger partial charge >= 0.3 is 5.97 Å². The highest BCUT2D eigenvalue weighted by Crippen LogP contribution is 2.14. The van der Waals surface area contributed by atoms with Crippen LogP contribution in [-0.2, 0) is 4.79 Å². The molecular formula is C7H13N5O2. The molecule has 1 aromatic heterocycles. The van der Waals surface area contributed by atoms with Gasteiger partial charge in [0.25, 0.3) is 0 Å². The van der Waals surface area contributed by atoms with E-state index in [2.05, 4.69) is 15.5 Å². The summed E-state index contributed by atoms with van der Waals surface area (Å²) < 4.78 is 1.46. The van der Waals surface area contributed by atoms with Crippen molar-refractivity contribution in [2.75, 3.05) is 6.54 Å². The van der Waals surface area contributed by atoms with Crippen LogP contribution >= 0.6 is 0 Å². The van der Waals surface area contributed by atoms with Gasteiger partial charge in [-0.25, -0.2) is 4.68 Å². The number of tetrazole rings is 1. The number of aromatic nitrogens is 4. The number of hydrogen-bond acceptors (Lipinski definition) is 5. The zero-order valence-electron chi connectivity index (χ0n) is 8.08. The molecule has 0 aliphatic rings. The summed E-state index contributed by atoms with van der Waals surface area (Å²) in [5.74, 6) is -1.55. The highest BCUT2D eigenvalue weighted by molar-refractivity contribution is 5.75. The molecule has 0 amide bonds. The number of nitrogens with zero attached hydrogens (tertiary/aromatic N) is 4. The molecule has 0 fully saturated rings. The van der Waals surface area contributed by atoms with Crippen LogP contribution in [-0.4, -0.2) is 37.8 Å². The fraction of sp³-hybridized carbons (Fsp3) is 0.714. The average Bonchev–Trinajstić information content (AvgIpc) is 2.53. The van der Waals surface area contributed by atoms with Crippen molar-refractivity contribution in [3.05, 3.63) is 5.82 Å². The molecule has 0 saturated carbocycles. The van der Waals surface area contributed by atoms with E-state index in [1.54, 1.807) is 0 Å². The Morgan fingerprint density at radius 3 is 2.71 bits per heavy atom. The lowest BCUT2D eigenvalue weighted by molar-refractivity contribution is -0.138. The summed E-state index contributed by atoms with van der Waals surface area (Å²) in [5, 5.41) is 19.7. The molecule has 1 unspecified atom stereocenters. The van der Waals surface area contributed by atoms with E-state index >= 15 is 0 Å². The molecule has 0 saturated heterocycles. The molecule has 0 aliphatic carbocycles. The second-order valence-corrected chi connectivity index (χ2v) is 3.20. The maximum atomic E-state index is 10.8. The summed E-state index contributed by atoms with van der Waals surface area (Å²) in [4.78, 5) is 10.8. The van der Waals surface area contributed by atoms with Crippen LogP contribution in [0.15, 0.2) is 0 Å². The first-order valence-corrected chi connectivity index (χ1v) is 4.28. The van der Waals surface area contributed by atoms with Crippen LogP contribution in [0.1, 0.15) is 31.6 Å². The predicted octanol–water partition coefficient (Wildman–Crippen LogP) is -0.619.